The Balaban J connectivity index is 1.25. The maximum Gasteiger partial charge on any atom is 0.332 e. The van der Waals surface area contributed by atoms with Crippen molar-refractivity contribution in [1.29, 1.82) is 0 Å². The summed E-state index contributed by atoms with van der Waals surface area (Å²) in [6.07, 6.45) is 0. The minimum atomic E-state index is -0.189. The zero-order valence-electron chi connectivity index (χ0n) is 28.6. The van der Waals surface area contributed by atoms with Crippen LogP contribution in [0.25, 0.3) is 115 Å². The van der Waals surface area contributed by atoms with E-state index in [0.29, 0.717) is 0 Å². The first-order valence-corrected chi connectivity index (χ1v) is 18.5. The van der Waals surface area contributed by atoms with Crippen LogP contribution < -0.4 is 10.9 Å². The van der Waals surface area contributed by atoms with E-state index in [1.165, 1.54) is 21.7 Å². The second-order valence-corrected chi connectivity index (χ2v) is 14.7. The summed E-state index contributed by atoms with van der Waals surface area (Å²) in [4.78, 5) is 0. The summed E-state index contributed by atoms with van der Waals surface area (Å²) in [6, 6.07) is 54.2. The van der Waals surface area contributed by atoms with Crippen LogP contribution in [0, 0.1) is 0 Å². The van der Waals surface area contributed by atoms with Gasteiger partial charge in [-0.05, 0) is 59.5 Å². The van der Waals surface area contributed by atoms with E-state index in [9.17, 15) is 0 Å². The Hall–Kier alpha value is -7.18. The second-order valence-electron chi connectivity index (χ2n) is 14.7. The molecule has 6 heterocycles. The third kappa shape index (κ3) is 3.13. The smallest absolute Gasteiger partial charge is 0.332 e. The summed E-state index contributed by atoms with van der Waals surface area (Å²) in [6.45, 7) is -0.189. The maximum atomic E-state index is 6.90. The van der Waals surface area contributed by atoms with Crippen LogP contribution in [0.3, 0.4) is 0 Å². The van der Waals surface area contributed by atoms with Gasteiger partial charge in [-0.25, -0.2) is 0 Å². The predicted octanol–water partition coefficient (Wildman–Crippen LogP) is 11.6. The molecule has 13 aromatic rings. The number of hydrogen-bond acceptors (Lipinski definition) is 3. The van der Waals surface area contributed by atoms with Crippen LogP contribution in [0.4, 0.5) is 0 Å². The van der Waals surface area contributed by atoms with Crippen molar-refractivity contribution >= 4 is 127 Å². The SMILES string of the molecule is c1ccc2c(c1)B(n1c3ccccc3c3ccc4c5ccccc5oc4c31)c1cc3c4ccccc4oc3c3c4c5oc6ccccc6c5ccc4n-2c13. The normalized spacial score (nSPS) is 13.1. The molecule has 0 aliphatic carbocycles. The fourth-order valence-corrected chi connectivity index (χ4v) is 10.0. The highest BCUT2D eigenvalue weighted by molar-refractivity contribution is 6.88. The van der Waals surface area contributed by atoms with Crippen LogP contribution in [-0.4, -0.2) is 15.9 Å². The lowest BCUT2D eigenvalue weighted by Gasteiger charge is -2.28. The lowest BCUT2D eigenvalue weighted by molar-refractivity contribution is 0.670. The van der Waals surface area contributed by atoms with E-state index in [1.54, 1.807) is 0 Å². The van der Waals surface area contributed by atoms with Crippen LogP contribution in [0.2, 0.25) is 0 Å². The van der Waals surface area contributed by atoms with Crippen molar-refractivity contribution in [3.05, 3.63) is 152 Å². The molecule has 0 saturated heterocycles. The summed E-state index contributed by atoms with van der Waals surface area (Å²) in [7, 11) is 0. The van der Waals surface area contributed by atoms with E-state index in [2.05, 4.69) is 149 Å². The number of benzene rings is 8. The van der Waals surface area contributed by atoms with Crippen LogP contribution in [-0.2, 0) is 0 Å². The number of furan rings is 3. The molecule has 0 N–H and O–H groups in total. The number of hydrogen-bond donors (Lipinski definition) is 0. The Morgan fingerprint density at radius 2 is 0.926 bits per heavy atom. The molecule has 6 heteroatoms. The molecule has 5 nitrogen and oxygen atoms in total. The van der Waals surface area contributed by atoms with Gasteiger partial charge in [0.25, 0.3) is 0 Å². The van der Waals surface area contributed by atoms with Gasteiger partial charge in [0.05, 0.1) is 27.3 Å². The van der Waals surface area contributed by atoms with Gasteiger partial charge in [-0.15, -0.1) is 0 Å². The summed E-state index contributed by atoms with van der Waals surface area (Å²) in [5, 5.41) is 11.2. The number of fused-ring (bicyclic) bond motifs is 20. The quantitative estimate of drug-likeness (QED) is 0.161. The van der Waals surface area contributed by atoms with Gasteiger partial charge in [-0.1, -0.05) is 103 Å². The van der Waals surface area contributed by atoms with Gasteiger partial charge in [-0.2, -0.15) is 0 Å². The number of aromatic nitrogens is 2. The van der Waals surface area contributed by atoms with Crippen molar-refractivity contribution in [2.24, 2.45) is 0 Å². The standard InChI is InChI=1S/C48H25BN2O3/c1-6-16-36-26(11-1)30-21-22-32-28-13-3-9-19-40(28)54-48(32)44(30)51(36)49-34-15-5-7-17-37(34)50-38-24-23-31-27-12-2-8-18-39(27)52-46(31)42(38)43-45(50)35(49)25-33-29-14-4-10-20-41(29)53-47(33)43/h1-25H. The van der Waals surface area contributed by atoms with Gasteiger partial charge < -0.3 is 22.3 Å². The van der Waals surface area contributed by atoms with Crippen molar-refractivity contribution in [2.75, 3.05) is 0 Å². The summed E-state index contributed by atoms with van der Waals surface area (Å²) >= 11 is 0. The molecule has 0 bridgehead atoms. The molecule has 0 fully saturated rings. The molecule has 14 rings (SSSR count). The Bertz CT molecular complexity index is 3820. The molecule has 0 spiro atoms. The highest BCUT2D eigenvalue weighted by atomic mass is 16.3. The lowest BCUT2D eigenvalue weighted by Crippen LogP contribution is -2.53. The van der Waals surface area contributed by atoms with Crippen LogP contribution >= 0.6 is 0 Å². The first-order chi connectivity index (χ1) is 26.8. The van der Waals surface area contributed by atoms with E-state index in [0.717, 1.165) is 104 Å². The minimum Gasteiger partial charge on any atom is -0.455 e. The van der Waals surface area contributed by atoms with E-state index in [4.69, 9.17) is 13.3 Å². The van der Waals surface area contributed by atoms with Gasteiger partial charge in [0.15, 0.2) is 5.58 Å². The molecule has 8 aromatic carbocycles. The Kier molecular flexibility index (Phi) is 4.80. The van der Waals surface area contributed by atoms with Crippen molar-refractivity contribution in [3.63, 3.8) is 0 Å². The maximum absolute atomic E-state index is 6.90. The molecule has 0 atom stereocenters. The van der Waals surface area contributed by atoms with Crippen molar-refractivity contribution < 1.29 is 13.3 Å². The first-order valence-electron chi connectivity index (χ1n) is 18.5. The van der Waals surface area contributed by atoms with Gasteiger partial charge in [0, 0.05) is 54.3 Å². The molecule has 1 aliphatic heterocycles. The highest BCUT2D eigenvalue weighted by Gasteiger charge is 2.39. The fourth-order valence-electron chi connectivity index (χ4n) is 10.0. The average molecular weight is 689 g/mol. The highest BCUT2D eigenvalue weighted by Crippen LogP contribution is 2.46. The van der Waals surface area contributed by atoms with Gasteiger partial charge in [0.1, 0.15) is 27.9 Å². The second kappa shape index (κ2) is 9.43. The van der Waals surface area contributed by atoms with Crippen LogP contribution in [0.5, 0.6) is 0 Å². The van der Waals surface area contributed by atoms with Crippen molar-refractivity contribution in [1.82, 2.24) is 9.05 Å². The molecule has 0 amide bonds. The average Bonchev–Trinajstić information content (AvgIpc) is 4.03. The Morgan fingerprint density at radius 1 is 0.370 bits per heavy atom. The predicted molar refractivity (Wildman–Crippen MR) is 222 cm³/mol. The fraction of sp³-hybridized carbons (Fsp3) is 0. The number of para-hydroxylation sites is 5. The first kappa shape index (κ1) is 27.5. The monoisotopic (exact) mass is 688 g/mol. The van der Waals surface area contributed by atoms with E-state index < -0.39 is 0 Å². The molecule has 5 aromatic heterocycles. The molecule has 0 saturated carbocycles. The summed E-state index contributed by atoms with van der Waals surface area (Å²) in [5.74, 6) is 0. The van der Waals surface area contributed by atoms with Crippen molar-refractivity contribution in [3.8, 4) is 5.69 Å². The van der Waals surface area contributed by atoms with Gasteiger partial charge >= 0.3 is 6.85 Å². The van der Waals surface area contributed by atoms with E-state index in [1.807, 2.05) is 12.1 Å². The van der Waals surface area contributed by atoms with Crippen LogP contribution in [0.1, 0.15) is 0 Å². The summed E-state index contributed by atoms with van der Waals surface area (Å²) < 4.78 is 25.6. The molecular formula is C48H25BN2O3. The Labute approximate surface area is 305 Å². The third-order valence-electron chi connectivity index (χ3n) is 12.2. The van der Waals surface area contributed by atoms with Crippen LogP contribution in [0.15, 0.2) is 165 Å². The molecule has 0 radical (unpaired) electrons. The van der Waals surface area contributed by atoms with Crippen molar-refractivity contribution in [2.45, 2.75) is 0 Å². The number of nitrogens with zero attached hydrogens (tertiary/aromatic N) is 2. The molecule has 1 aliphatic rings. The minimum absolute atomic E-state index is 0.189. The Morgan fingerprint density at radius 3 is 1.69 bits per heavy atom. The zero-order chi connectivity index (χ0) is 34.8. The van der Waals surface area contributed by atoms with Gasteiger partial charge in [0.2, 0.25) is 0 Å². The largest absolute Gasteiger partial charge is 0.455 e. The number of rotatable bonds is 1. The van der Waals surface area contributed by atoms with E-state index >= 15 is 0 Å². The lowest BCUT2D eigenvalue weighted by atomic mass is 9.48. The summed E-state index contributed by atoms with van der Waals surface area (Å²) in [5.41, 5.74) is 13.4. The molecule has 0 unspecified atom stereocenters. The van der Waals surface area contributed by atoms with E-state index in [-0.39, 0.29) is 6.85 Å². The third-order valence-corrected chi connectivity index (χ3v) is 12.2. The molecule has 248 valence electrons. The molecular weight excluding hydrogens is 663 g/mol. The topological polar surface area (TPSA) is 49.3 Å². The van der Waals surface area contributed by atoms with Gasteiger partial charge in [-0.3, -0.25) is 0 Å². The zero-order valence-corrected chi connectivity index (χ0v) is 28.6. The molecule has 54 heavy (non-hydrogen) atoms.